The number of thioether (sulfide) groups is 1. The average Bonchev–Trinajstić information content (AvgIpc) is 3.20. The smallest absolute Gasteiger partial charge is 0.338 e. The zero-order chi connectivity index (χ0) is 22.7. The zero-order valence-electron chi connectivity index (χ0n) is 17.5. The highest BCUT2D eigenvalue weighted by molar-refractivity contribution is 7.98. The third kappa shape index (κ3) is 4.35. The number of esters is 1. The largest absolute Gasteiger partial charge is 0.463 e. The number of carbonyl (C=O) groups is 1. The average molecular weight is 452 g/mol. The summed E-state index contributed by atoms with van der Waals surface area (Å²) < 4.78 is 6.86. The first-order valence-corrected chi connectivity index (χ1v) is 11.0. The molecule has 1 atom stereocenters. The second-order valence-corrected chi connectivity index (χ2v) is 8.02. The Balaban J connectivity index is 1.74. The Morgan fingerprint density at radius 2 is 2.03 bits per heavy atom. The number of nitrogens with zero attached hydrogens (tertiary/aromatic N) is 4. The number of rotatable bonds is 7. The molecule has 0 unspecified atom stereocenters. The van der Waals surface area contributed by atoms with E-state index in [4.69, 9.17) is 4.74 Å². The fourth-order valence-corrected chi connectivity index (χ4v) is 4.29. The predicted octanol–water partition coefficient (Wildman–Crippen LogP) is 4.33. The molecule has 2 aromatic carbocycles. The topological polar surface area (TPSA) is 112 Å². The van der Waals surface area contributed by atoms with Crippen LogP contribution in [0.5, 0.6) is 0 Å². The van der Waals surface area contributed by atoms with E-state index >= 15 is 0 Å². The molecule has 0 saturated carbocycles. The minimum absolute atomic E-state index is 0.0674. The Morgan fingerprint density at radius 1 is 1.25 bits per heavy atom. The Kier molecular flexibility index (Phi) is 6.22. The van der Waals surface area contributed by atoms with Crippen LogP contribution in [-0.2, 0) is 15.3 Å². The lowest BCUT2D eigenvalue weighted by atomic mass is 9.95. The van der Waals surface area contributed by atoms with Crippen LogP contribution >= 0.6 is 11.8 Å². The van der Waals surface area contributed by atoms with Gasteiger partial charge in [0.1, 0.15) is 6.04 Å². The van der Waals surface area contributed by atoms with Crippen LogP contribution in [0.4, 0.5) is 11.6 Å². The lowest BCUT2D eigenvalue weighted by molar-refractivity contribution is -0.384. The second kappa shape index (κ2) is 9.23. The Labute approximate surface area is 188 Å². The molecule has 0 fully saturated rings. The van der Waals surface area contributed by atoms with Gasteiger partial charge in [0.05, 0.1) is 17.1 Å². The highest BCUT2D eigenvalue weighted by Crippen LogP contribution is 2.37. The Morgan fingerprint density at radius 3 is 2.75 bits per heavy atom. The normalized spacial score (nSPS) is 15.1. The van der Waals surface area contributed by atoms with Gasteiger partial charge in [-0.25, -0.2) is 9.48 Å². The van der Waals surface area contributed by atoms with Crippen LogP contribution in [0.15, 0.2) is 71.0 Å². The first-order valence-electron chi connectivity index (χ1n) is 10.0. The van der Waals surface area contributed by atoms with Crippen molar-refractivity contribution < 1.29 is 14.5 Å². The van der Waals surface area contributed by atoms with Crippen molar-refractivity contribution in [3.8, 4) is 0 Å². The number of fused-ring (bicyclic) bond motifs is 1. The summed E-state index contributed by atoms with van der Waals surface area (Å²) in [5.41, 5.74) is 2.52. The molecule has 0 saturated heterocycles. The van der Waals surface area contributed by atoms with E-state index in [1.54, 1.807) is 30.7 Å². The summed E-state index contributed by atoms with van der Waals surface area (Å²) in [6.07, 6.45) is 0. The summed E-state index contributed by atoms with van der Waals surface area (Å²) in [4.78, 5) is 28.3. The van der Waals surface area contributed by atoms with Crippen molar-refractivity contribution in [1.29, 1.82) is 0 Å². The second-order valence-electron chi connectivity index (χ2n) is 7.08. The van der Waals surface area contributed by atoms with E-state index in [-0.39, 0.29) is 12.3 Å². The van der Waals surface area contributed by atoms with Crippen molar-refractivity contribution in [2.45, 2.75) is 30.8 Å². The van der Waals surface area contributed by atoms with Crippen LogP contribution in [0.3, 0.4) is 0 Å². The molecule has 1 aromatic heterocycles. The van der Waals surface area contributed by atoms with Crippen molar-refractivity contribution in [2.24, 2.45) is 0 Å². The van der Waals surface area contributed by atoms with E-state index in [0.29, 0.717) is 33.7 Å². The maximum Gasteiger partial charge on any atom is 0.338 e. The number of benzene rings is 2. The third-order valence-corrected chi connectivity index (χ3v) is 5.84. The van der Waals surface area contributed by atoms with E-state index in [1.165, 1.54) is 23.9 Å². The number of allylic oxidation sites excluding steroid dienone is 1. The molecular weight excluding hydrogens is 430 g/mol. The van der Waals surface area contributed by atoms with Crippen molar-refractivity contribution in [2.75, 3.05) is 11.9 Å². The molecule has 3 aromatic rings. The third-order valence-electron chi connectivity index (χ3n) is 4.94. The standard InChI is InChI=1S/C22H21N5O4S/c1-3-31-20(28)18-14(2)23-21-24-22(32-13-15-8-5-4-6-9-15)25-26(21)19(18)16-10-7-11-17(12-16)27(29)30/h4-12,19H,3,13H2,1-2H3,(H,23,24,25)/t19-/m0/s1. The van der Waals surface area contributed by atoms with Gasteiger partial charge in [0.2, 0.25) is 11.1 Å². The SMILES string of the molecule is CCOC(=O)C1=C(C)Nc2nc(SCc3ccccc3)nn2[C@H]1c1cccc([N+](=O)[O-])c1. The molecule has 1 N–H and O–H groups in total. The zero-order valence-corrected chi connectivity index (χ0v) is 18.3. The van der Waals surface area contributed by atoms with Gasteiger partial charge < -0.3 is 10.1 Å². The number of nitrogens with one attached hydrogen (secondary N) is 1. The monoisotopic (exact) mass is 451 g/mol. The fraction of sp³-hybridized carbons (Fsp3) is 0.227. The van der Waals surface area contributed by atoms with Crippen LogP contribution in [0.2, 0.25) is 0 Å². The molecule has 4 rings (SSSR count). The van der Waals surface area contributed by atoms with E-state index < -0.39 is 16.9 Å². The van der Waals surface area contributed by atoms with Crippen molar-refractivity contribution in [3.63, 3.8) is 0 Å². The predicted molar refractivity (Wildman–Crippen MR) is 120 cm³/mol. The summed E-state index contributed by atoms with van der Waals surface area (Å²) in [6, 6.07) is 15.4. The van der Waals surface area contributed by atoms with Gasteiger partial charge >= 0.3 is 5.97 Å². The lowest BCUT2D eigenvalue weighted by Crippen LogP contribution is -2.29. The molecule has 0 aliphatic carbocycles. The molecule has 9 nitrogen and oxygen atoms in total. The van der Waals surface area contributed by atoms with E-state index in [2.05, 4.69) is 15.4 Å². The molecular formula is C22H21N5O4S. The number of anilines is 1. The summed E-state index contributed by atoms with van der Waals surface area (Å²) in [6.45, 7) is 3.69. The van der Waals surface area contributed by atoms with Gasteiger partial charge in [-0.2, -0.15) is 4.98 Å². The van der Waals surface area contributed by atoms with Crippen molar-refractivity contribution >= 4 is 29.4 Å². The number of nitro groups is 1. The highest BCUT2D eigenvalue weighted by Gasteiger charge is 2.35. The molecule has 2 heterocycles. The van der Waals surface area contributed by atoms with Gasteiger partial charge in [0.15, 0.2) is 0 Å². The van der Waals surface area contributed by atoms with Crippen LogP contribution < -0.4 is 5.32 Å². The molecule has 10 heteroatoms. The number of ether oxygens (including phenoxy) is 1. The number of hydrogen-bond acceptors (Lipinski definition) is 8. The van der Waals surface area contributed by atoms with Gasteiger partial charge in [0.25, 0.3) is 5.69 Å². The summed E-state index contributed by atoms with van der Waals surface area (Å²) in [5.74, 6) is 0.638. The van der Waals surface area contributed by atoms with E-state index in [9.17, 15) is 14.9 Å². The van der Waals surface area contributed by atoms with Crippen molar-refractivity contribution in [1.82, 2.24) is 14.8 Å². The minimum atomic E-state index is -0.705. The van der Waals surface area contributed by atoms with Gasteiger partial charge in [-0.15, -0.1) is 5.10 Å². The van der Waals surface area contributed by atoms with Crippen LogP contribution in [0, 0.1) is 10.1 Å². The van der Waals surface area contributed by atoms with Gasteiger partial charge in [-0.1, -0.05) is 54.2 Å². The molecule has 0 amide bonds. The highest BCUT2D eigenvalue weighted by atomic mass is 32.2. The molecule has 0 spiro atoms. The maximum atomic E-state index is 12.8. The van der Waals surface area contributed by atoms with Crippen LogP contribution in [-0.4, -0.2) is 32.3 Å². The van der Waals surface area contributed by atoms with Gasteiger partial charge in [0, 0.05) is 23.6 Å². The van der Waals surface area contributed by atoms with Crippen LogP contribution in [0.25, 0.3) is 0 Å². The fourth-order valence-electron chi connectivity index (χ4n) is 3.50. The number of aromatic nitrogens is 3. The quantitative estimate of drug-likeness (QED) is 0.244. The first kappa shape index (κ1) is 21.6. The number of hydrogen-bond donors (Lipinski definition) is 1. The van der Waals surface area contributed by atoms with Crippen molar-refractivity contribution in [3.05, 3.63) is 87.1 Å². The molecule has 0 radical (unpaired) electrons. The van der Waals surface area contributed by atoms with Gasteiger partial charge in [-0.05, 0) is 25.0 Å². The van der Waals surface area contributed by atoms with E-state index in [0.717, 1.165) is 5.56 Å². The Hall–Kier alpha value is -3.66. The van der Waals surface area contributed by atoms with Gasteiger partial charge in [-0.3, -0.25) is 10.1 Å². The number of nitro benzene ring substituents is 1. The molecule has 164 valence electrons. The summed E-state index contributed by atoms with van der Waals surface area (Å²) >= 11 is 1.47. The Bertz CT molecular complexity index is 1190. The van der Waals surface area contributed by atoms with E-state index in [1.807, 2.05) is 30.3 Å². The summed E-state index contributed by atoms with van der Waals surface area (Å²) in [7, 11) is 0. The molecule has 0 bridgehead atoms. The number of non-ortho nitro benzene ring substituents is 1. The lowest BCUT2D eigenvalue weighted by Gasteiger charge is -2.27. The molecule has 1 aliphatic rings. The number of carbonyl (C=O) groups excluding carboxylic acids is 1. The minimum Gasteiger partial charge on any atom is -0.463 e. The first-order chi connectivity index (χ1) is 15.5. The summed E-state index contributed by atoms with van der Waals surface area (Å²) in [5, 5.41) is 19.6. The molecule has 32 heavy (non-hydrogen) atoms. The molecule has 1 aliphatic heterocycles. The van der Waals surface area contributed by atoms with Crippen LogP contribution in [0.1, 0.15) is 31.0 Å². The maximum absolute atomic E-state index is 12.8.